The van der Waals surface area contributed by atoms with E-state index >= 15 is 0 Å². The van der Waals surface area contributed by atoms with Crippen LogP contribution >= 0.6 is 0 Å². The summed E-state index contributed by atoms with van der Waals surface area (Å²) in [5.41, 5.74) is 2.47. The summed E-state index contributed by atoms with van der Waals surface area (Å²) >= 11 is 0. The lowest BCUT2D eigenvalue weighted by molar-refractivity contribution is 0.0945. The zero-order valence-corrected chi connectivity index (χ0v) is 17.4. The third kappa shape index (κ3) is 4.24. The first-order chi connectivity index (χ1) is 14.8. The van der Waals surface area contributed by atoms with Crippen molar-refractivity contribution in [2.75, 3.05) is 0 Å². The number of benzene rings is 2. The second-order valence-electron chi connectivity index (χ2n) is 7.06. The van der Waals surface area contributed by atoms with Crippen LogP contribution < -0.4 is 5.32 Å². The van der Waals surface area contributed by atoms with Gasteiger partial charge in [-0.1, -0.05) is 24.3 Å². The summed E-state index contributed by atoms with van der Waals surface area (Å²) < 4.78 is 25.6. The van der Waals surface area contributed by atoms with Crippen molar-refractivity contribution in [3.05, 3.63) is 89.9 Å². The van der Waals surface area contributed by atoms with Crippen molar-refractivity contribution in [3.63, 3.8) is 0 Å². The van der Waals surface area contributed by atoms with E-state index in [-0.39, 0.29) is 28.0 Å². The van der Waals surface area contributed by atoms with E-state index in [1.165, 1.54) is 43.3 Å². The number of hydrogen-bond donors (Lipinski definition) is 2. The fraction of sp³-hybridized carbons (Fsp3) is 0.0870. The predicted octanol–water partition coefficient (Wildman–Crippen LogP) is 3.53. The van der Waals surface area contributed by atoms with Crippen molar-refractivity contribution in [2.24, 2.45) is 0 Å². The fourth-order valence-electron chi connectivity index (χ4n) is 3.16. The zero-order chi connectivity index (χ0) is 22.0. The third-order valence-corrected chi connectivity index (χ3v) is 6.71. The van der Waals surface area contributed by atoms with Gasteiger partial charge in [-0.2, -0.15) is 0 Å². The third-order valence-electron chi connectivity index (χ3n) is 4.92. The highest BCUT2D eigenvalue weighted by molar-refractivity contribution is 7.91. The van der Waals surface area contributed by atoms with Gasteiger partial charge in [-0.3, -0.25) is 14.6 Å². The molecule has 0 saturated heterocycles. The quantitative estimate of drug-likeness (QED) is 0.452. The molecule has 0 saturated carbocycles. The number of hydrogen-bond acceptors (Lipinski definition) is 5. The van der Waals surface area contributed by atoms with Crippen molar-refractivity contribution in [2.45, 2.75) is 23.3 Å². The summed E-state index contributed by atoms with van der Waals surface area (Å²) in [7, 11) is -3.70. The Morgan fingerprint density at radius 1 is 0.968 bits per heavy atom. The largest absolute Gasteiger partial charge is 0.350 e. The van der Waals surface area contributed by atoms with Crippen LogP contribution in [-0.4, -0.2) is 30.1 Å². The molecular formula is C23H19N3O4S. The Bertz CT molecular complexity index is 1340. The predicted molar refractivity (Wildman–Crippen MR) is 116 cm³/mol. The molecule has 0 unspecified atom stereocenters. The average molecular weight is 433 g/mol. The van der Waals surface area contributed by atoms with Crippen molar-refractivity contribution in [1.29, 1.82) is 0 Å². The Balaban J connectivity index is 1.45. The Morgan fingerprint density at radius 3 is 2.23 bits per heavy atom. The molecule has 8 heteroatoms. The number of Topliss-reactive ketones (excluding diaryl/α,β-unsaturated/α-hetero) is 1. The molecule has 4 rings (SSSR count). The Morgan fingerprint density at radius 2 is 1.61 bits per heavy atom. The van der Waals surface area contributed by atoms with E-state index in [1.807, 2.05) is 0 Å². The molecular weight excluding hydrogens is 414 g/mol. The molecule has 2 aromatic heterocycles. The minimum atomic E-state index is -3.70. The summed E-state index contributed by atoms with van der Waals surface area (Å²) in [6, 6.07) is 15.7. The molecule has 1 amide bonds. The Kier molecular flexibility index (Phi) is 5.39. The number of nitrogens with zero attached hydrogens (tertiary/aromatic N) is 1. The minimum absolute atomic E-state index is 0.117. The van der Waals surface area contributed by atoms with E-state index in [0.29, 0.717) is 11.3 Å². The summed E-state index contributed by atoms with van der Waals surface area (Å²) in [5.74, 6) is -0.391. The van der Waals surface area contributed by atoms with Gasteiger partial charge < -0.3 is 10.3 Å². The van der Waals surface area contributed by atoms with Crippen LogP contribution in [0.5, 0.6) is 0 Å². The second kappa shape index (κ2) is 8.16. The van der Waals surface area contributed by atoms with Crippen molar-refractivity contribution < 1.29 is 18.0 Å². The number of amides is 1. The first-order valence-corrected chi connectivity index (χ1v) is 11.0. The van der Waals surface area contributed by atoms with Gasteiger partial charge in [-0.05, 0) is 48.9 Å². The molecule has 31 heavy (non-hydrogen) atoms. The summed E-state index contributed by atoms with van der Waals surface area (Å²) in [5, 5.41) is 3.66. The number of aromatic amines is 1. The fourth-order valence-corrected chi connectivity index (χ4v) is 4.42. The van der Waals surface area contributed by atoms with E-state index < -0.39 is 9.84 Å². The number of pyridine rings is 1. The van der Waals surface area contributed by atoms with Crippen molar-refractivity contribution >= 4 is 32.4 Å². The maximum atomic E-state index is 12.8. The highest BCUT2D eigenvalue weighted by Crippen LogP contribution is 2.22. The molecule has 0 aliphatic carbocycles. The van der Waals surface area contributed by atoms with Crippen LogP contribution in [0.25, 0.3) is 10.9 Å². The summed E-state index contributed by atoms with van der Waals surface area (Å²) in [6.45, 7) is 1.68. The van der Waals surface area contributed by atoms with Gasteiger partial charge in [0.1, 0.15) is 5.69 Å². The van der Waals surface area contributed by atoms with E-state index in [1.54, 1.807) is 36.7 Å². The molecule has 0 spiro atoms. The van der Waals surface area contributed by atoms with Gasteiger partial charge in [-0.15, -0.1) is 0 Å². The monoisotopic (exact) mass is 433 g/mol. The standard InChI is InChI=1S/C23H19N3O4S/c1-15(27)17-4-8-20(9-5-17)31(29,30)19-6-2-16(3-7-19)13-25-23(28)22-12-18-14-24-11-10-21(18)26-22/h2-12,14,26H,13H2,1H3,(H,25,28). The van der Waals surface area contributed by atoms with Crippen molar-refractivity contribution in [3.8, 4) is 0 Å². The zero-order valence-electron chi connectivity index (χ0n) is 16.6. The number of sulfone groups is 1. The number of H-pyrrole nitrogens is 1. The van der Waals surface area contributed by atoms with Crippen LogP contribution in [0.2, 0.25) is 0 Å². The van der Waals surface area contributed by atoms with Gasteiger partial charge in [0.15, 0.2) is 5.78 Å². The highest BCUT2D eigenvalue weighted by atomic mass is 32.2. The normalized spacial score (nSPS) is 11.4. The molecule has 0 atom stereocenters. The lowest BCUT2D eigenvalue weighted by atomic mass is 10.2. The summed E-state index contributed by atoms with van der Waals surface area (Å²) in [6.07, 6.45) is 3.32. The summed E-state index contributed by atoms with van der Waals surface area (Å²) in [4.78, 5) is 31.1. The Labute approximate surface area is 179 Å². The number of rotatable bonds is 6. The van der Waals surface area contributed by atoms with Crippen LogP contribution in [0.15, 0.2) is 82.8 Å². The maximum absolute atomic E-state index is 12.8. The molecule has 2 N–H and O–H groups in total. The maximum Gasteiger partial charge on any atom is 0.267 e. The lowest BCUT2D eigenvalue weighted by Crippen LogP contribution is -2.23. The Hall–Kier alpha value is -3.78. The minimum Gasteiger partial charge on any atom is -0.350 e. The molecule has 0 aliphatic heterocycles. The lowest BCUT2D eigenvalue weighted by Gasteiger charge is -2.08. The molecule has 2 heterocycles. The van der Waals surface area contributed by atoms with Crippen LogP contribution in [0.3, 0.4) is 0 Å². The van der Waals surface area contributed by atoms with E-state index in [2.05, 4.69) is 15.3 Å². The van der Waals surface area contributed by atoms with E-state index in [0.717, 1.165) is 16.5 Å². The molecule has 156 valence electrons. The second-order valence-corrected chi connectivity index (χ2v) is 9.01. The van der Waals surface area contributed by atoms with Gasteiger partial charge in [0, 0.05) is 35.4 Å². The SMILES string of the molecule is CC(=O)c1ccc(S(=O)(=O)c2ccc(CNC(=O)c3cc4cnccc4[nH]3)cc2)cc1. The molecule has 0 fully saturated rings. The van der Waals surface area contributed by atoms with Crippen LogP contribution in [0.1, 0.15) is 33.3 Å². The number of aromatic nitrogens is 2. The topological polar surface area (TPSA) is 109 Å². The van der Waals surface area contributed by atoms with Crippen molar-refractivity contribution in [1.82, 2.24) is 15.3 Å². The number of carbonyl (C=O) groups is 2. The van der Waals surface area contributed by atoms with Gasteiger partial charge in [0.2, 0.25) is 9.84 Å². The number of ketones is 1. The molecule has 0 bridgehead atoms. The highest BCUT2D eigenvalue weighted by Gasteiger charge is 2.18. The molecule has 2 aromatic carbocycles. The van der Waals surface area contributed by atoms with Gasteiger partial charge in [-0.25, -0.2) is 8.42 Å². The molecule has 4 aromatic rings. The first kappa shape index (κ1) is 20.5. The molecule has 0 aliphatic rings. The smallest absolute Gasteiger partial charge is 0.267 e. The van der Waals surface area contributed by atoms with Crippen LogP contribution in [-0.2, 0) is 16.4 Å². The number of nitrogens with one attached hydrogen (secondary N) is 2. The van der Waals surface area contributed by atoms with Crippen LogP contribution in [0.4, 0.5) is 0 Å². The van der Waals surface area contributed by atoms with Gasteiger partial charge in [0.25, 0.3) is 5.91 Å². The first-order valence-electron chi connectivity index (χ1n) is 9.50. The number of carbonyl (C=O) groups excluding carboxylic acids is 2. The average Bonchev–Trinajstić information content (AvgIpc) is 3.22. The van der Waals surface area contributed by atoms with Gasteiger partial charge >= 0.3 is 0 Å². The molecule has 0 radical (unpaired) electrons. The molecule has 7 nitrogen and oxygen atoms in total. The van der Waals surface area contributed by atoms with Gasteiger partial charge in [0.05, 0.1) is 9.79 Å². The van der Waals surface area contributed by atoms with Crippen LogP contribution in [0, 0.1) is 0 Å². The van der Waals surface area contributed by atoms with E-state index in [4.69, 9.17) is 0 Å². The van der Waals surface area contributed by atoms with E-state index in [9.17, 15) is 18.0 Å². The number of fused-ring (bicyclic) bond motifs is 1.